The van der Waals surface area contributed by atoms with Gasteiger partial charge in [-0.15, -0.1) is 0 Å². The Bertz CT molecular complexity index is 490. The fraction of sp³-hybridized carbons (Fsp3) is 0.800. The number of likely N-dealkylation sites (N-methyl/N-ethyl adjacent to an activating group) is 1. The van der Waals surface area contributed by atoms with Crippen molar-refractivity contribution < 1.29 is 9.32 Å². The zero-order valence-corrected chi connectivity index (χ0v) is 14.2. The highest BCUT2D eigenvalue weighted by Gasteiger charge is 2.31. The maximum atomic E-state index is 12.4. The van der Waals surface area contributed by atoms with Crippen molar-refractivity contribution in [1.29, 1.82) is 0 Å². The van der Waals surface area contributed by atoms with Gasteiger partial charge in [0.1, 0.15) is 0 Å². The highest BCUT2D eigenvalue weighted by molar-refractivity contribution is 5.78. The number of hydrogen-bond acceptors (Lipinski definition) is 6. The molecule has 2 heterocycles. The van der Waals surface area contributed by atoms with Crippen molar-refractivity contribution in [3.8, 4) is 0 Å². The van der Waals surface area contributed by atoms with Crippen LogP contribution >= 0.6 is 0 Å². The molecule has 2 atom stereocenters. The lowest BCUT2D eigenvalue weighted by molar-refractivity contribution is -0.135. The second-order valence-corrected chi connectivity index (χ2v) is 6.44. The van der Waals surface area contributed by atoms with Gasteiger partial charge in [0.2, 0.25) is 11.8 Å². The number of aryl methyl sites for hydroxylation is 1. The van der Waals surface area contributed by atoms with Crippen LogP contribution in [0, 0.1) is 6.92 Å². The van der Waals surface area contributed by atoms with Gasteiger partial charge in [-0.1, -0.05) is 5.16 Å². The van der Waals surface area contributed by atoms with Crippen LogP contribution in [-0.2, 0) is 11.2 Å². The third kappa shape index (κ3) is 4.27. The summed E-state index contributed by atoms with van der Waals surface area (Å²) in [6, 6.07) is 0.722. The first-order valence-corrected chi connectivity index (χ1v) is 7.84. The van der Waals surface area contributed by atoms with Crippen LogP contribution < -0.4 is 0 Å². The normalized spacial score (nSPS) is 23.3. The quantitative estimate of drug-likeness (QED) is 0.784. The number of piperazine rings is 1. The van der Waals surface area contributed by atoms with E-state index in [1.165, 1.54) is 0 Å². The topological polar surface area (TPSA) is 65.7 Å². The molecule has 1 saturated heterocycles. The Morgan fingerprint density at radius 2 is 1.95 bits per heavy atom. The summed E-state index contributed by atoms with van der Waals surface area (Å²) < 4.78 is 4.92. The Balaban J connectivity index is 1.91. The number of amides is 1. The molecule has 22 heavy (non-hydrogen) atoms. The molecule has 2 rings (SSSR count). The molecule has 7 nitrogen and oxygen atoms in total. The summed E-state index contributed by atoms with van der Waals surface area (Å²) in [5.41, 5.74) is 0. The van der Waals surface area contributed by atoms with E-state index < -0.39 is 0 Å². The van der Waals surface area contributed by atoms with Crippen molar-refractivity contribution in [3.05, 3.63) is 11.7 Å². The van der Waals surface area contributed by atoms with E-state index in [0.29, 0.717) is 23.8 Å². The molecular weight excluding hydrogens is 282 g/mol. The maximum Gasteiger partial charge on any atom is 0.230 e. The summed E-state index contributed by atoms with van der Waals surface area (Å²) in [5, 5.41) is 3.80. The van der Waals surface area contributed by atoms with Crippen LogP contribution in [-0.4, -0.2) is 83.1 Å². The fourth-order valence-electron chi connectivity index (χ4n) is 2.98. The molecule has 1 aliphatic rings. The van der Waals surface area contributed by atoms with Crippen molar-refractivity contribution in [2.24, 2.45) is 0 Å². The third-order valence-electron chi connectivity index (χ3n) is 4.14. The molecule has 0 spiro atoms. The van der Waals surface area contributed by atoms with Crippen LogP contribution in [0.25, 0.3) is 0 Å². The first kappa shape index (κ1) is 16.9. The predicted molar refractivity (Wildman–Crippen MR) is 83.5 cm³/mol. The van der Waals surface area contributed by atoms with Crippen LogP contribution in [0.1, 0.15) is 25.6 Å². The molecule has 124 valence electrons. The number of nitrogens with zero attached hydrogens (tertiary/aromatic N) is 5. The van der Waals surface area contributed by atoms with Gasteiger partial charge in [-0.2, -0.15) is 4.98 Å². The van der Waals surface area contributed by atoms with Gasteiger partial charge < -0.3 is 14.3 Å². The first-order chi connectivity index (χ1) is 10.4. The Kier molecular flexibility index (Phi) is 5.52. The lowest BCUT2D eigenvalue weighted by Crippen LogP contribution is -2.59. The van der Waals surface area contributed by atoms with Crippen LogP contribution in [0.4, 0.5) is 0 Å². The summed E-state index contributed by atoms with van der Waals surface area (Å²) in [5.74, 6) is 1.04. The van der Waals surface area contributed by atoms with Crippen LogP contribution in [0.3, 0.4) is 0 Å². The van der Waals surface area contributed by atoms with Crippen molar-refractivity contribution in [1.82, 2.24) is 24.8 Å². The van der Waals surface area contributed by atoms with Gasteiger partial charge in [-0.25, -0.2) is 0 Å². The summed E-state index contributed by atoms with van der Waals surface area (Å²) in [6.45, 7) is 9.68. The number of rotatable bonds is 5. The molecule has 0 bridgehead atoms. The van der Waals surface area contributed by atoms with Crippen molar-refractivity contribution >= 4 is 5.91 Å². The number of carbonyl (C=O) groups is 1. The van der Waals surface area contributed by atoms with E-state index in [1.807, 2.05) is 4.90 Å². The van der Waals surface area contributed by atoms with Gasteiger partial charge in [-0.3, -0.25) is 9.69 Å². The van der Waals surface area contributed by atoms with Gasteiger partial charge in [-0.05, 0) is 27.9 Å². The van der Waals surface area contributed by atoms with E-state index in [-0.39, 0.29) is 12.3 Å². The molecule has 0 radical (unpaired) electrons. The molecule has 0 aromatic carbocycles. The molecule has 1 aliphatic heterocycles. The molecule has 1 aromatic heterocycles. The number of hydrogen-bond donors (Lipinski definition) is 0. The minimum Gasteiger partial charge on any atom is -0.340 e. The van der Waals surface area contributed by atoms with Gasteiger partial charge in [0.15, 0.2) is 5.82 Å². The Labute approximate surface area is 132 Å². The molecule has 0 saturated carbocycles. The lowest BCUT2D eigenvalue weighted by Gasteiger charge is -2.44. The summed E-state index contributed by atoms with van der Waals surface area (Å²) in [4.78, 5) is 23.1. The van der Waals surface area contributed by atoms with Crippen molar-refractivity contribution in [3.63, 3.8) is 0 Å². The highest BCUT2D eigenvalue weighted by Crippen LogP contribution is 2.16. The molecule has 0 N–H and O–H groups in total. The summed E-state index contributed by atoms with van der Waals surface area (Å²) >= 11 is 0. The van der Waals surface area contributed by atoms with Crippen molar-refractivity contribution in [2.75, 3.05) is 40.3 Å². The van der Waals surface area contributed by atoms with E-state index in [4.69, 9.17) is 4.52 Å². The smallest absolute Gasteiger partial charge is 0.230 e. The lowest BCUT2D eigenvalue weighted by atomic mass is 10.1. The van der Waals surface area contributed by atoms with Crippen LogP contribution in [0.5, 0.6) is 0 Å². The second kappa shape index (κ2) is 7.19. The fourth-order valence-corrected chi connectivity index (χ4v) is 2.98. The zero-order valence-electron chi connectivity index (χ0n) is 14.2. The molecule has 7 heteroatoms. The minimum atomic E-state index is 0.0757. The third-order valence-corrected chi connectivity index (χ3v) is 4.14. The number of aromatic nitrogens is 2. The first-order valence-electron chi connectivity index (χ1n) is 7.84. The van der Waals surface area contributed by atoms with E-state index in [9.17, 15) is 4.79 Å². The average molecular weight is 309 g/mol. The van der Waals surface area contributed by atoms with Gasteiger partial charge in [0, 0.05) is 45.2 Å². The molecule has 2 unspecified atom stereocenters. The van der Waals surface area contributed by atoms with Crippen LogP contribution in [0.2, 0.25) is 0 Å². The molecule has 0 aliphatic carbocycles. The van der Waals surface area contributed by atoms with E-state index >= 15 is 0 Å². The minimum absolute atomic E-state index is 0.0757. The Morgan fingerprint density at radius 3 is 2.45 bits per heavy atom. The number of carbonyl (C=O) groups excluding carboxylic acids is 1. The van der Waals surface area contributed by atoms with E-state index in [0.717, 1.165) is 26.2 Å². The van der Waals surface area contributed by atoms with Gasteiger partial charge in [0.25, 0.3) is 0 Å². The Hall–Kier alpha value is -1.47. The molecule has 1 fully saturated rings. The van der Waals surface area contributed by atoms with E-state index in [2.05, 4.69) is 47.9 Å². The standard InChI is InChI=1S/C15H27N5O2/c1-11-9-19(10-12(2)20(11)7-6-18(4)5)15(21)8-14-16-13(3)22-17-14/h11-12H,6-10H2,1-5H3. The van der Waals surface area contributed by atoms with Gasteiger partial charge in [0.05, 0.1) is 6.42 Å². The molecule has 1 amide bonds. The molecular formula is C15H27N5O2. The van der Waals surface area contributed by atoms with Crippen molar-refractivity contribution in [2.45, 2.75) is 39.3 Å². The predicted octanol–water partition coefficient (Wildman–Crippen LogP) is 0.403. The largest absolute Gasteiger partial charge is 0.340 e. The monoisotopic (exact) mass is 309 g/mol. The van der Waals surface area contributed by atoms with E-state index in [1.54, 1.807) is 6.92 Å². The Morgan fingerprint density at radius 1 is 1.32 bits per heavy atom. The molecule has 1 aromatic rings. The van der Waals surface area contributed by atoms with Gasteiger partial charge >= 0.3 is 0 Å². The average Bonchev–Trinajstić information content (AvgIpc) is 2.82. The zero-order chi connectivity index (χ0) is 16.3. The maximum absolute atomic E-state index is 12.4. The second-order valence-electron chi connectivity index (χ2n) is 6.44. The van der Waals surface area contributed by atoms with Crippen LogP contribution in [0.15, 0.2) is 4.52 Å². The highest BCUT2D eigenvalue weighted by atomic mass is 16.5. The summed E-state index contributed by atoms with van der Waals surface area (Å²) in [6.07, 6.45) is 0.217. The SMILES string of the molecule is Cc1nc(CC(=O)N2CC(C)N(CCN(C)C)C(C)C2)no1. The summed E-state index contributed by atoms with van der Waals surface area (Å²) in [7, 11) is 4.17.